The molecule has 2 aromatic rings. The molecule has 2 aromatic carbocycles. The van der Waals surface area contributed by atoms with Crippen LogP contribution in [0.4, 0.5) is 0 Å². The molecule has 92 valence electrons. The smallest absolute Gasteiger partial charge is 0.0958 e. The highest BCUT2D eigenvalue weighted by Gasteiger charge is 2.40. The Morgan fingerprint density at radius 2 is 1.39 bits per heavy atom. The first kappa shape index (κ1) is 11.5. The van der Waals surface area contributed by atoms with Gasteiger partial charge >= 0.3 is 0 Å². The van der Waals surface area contributed by atoms with Crippen molar-refractivity contribution in [2.45, 2.75) is 18.4 Å². The predicted molar refractivity (Wildman–Crippen MR) is 71.4 cm³/mol. The molecule has 0 saturated heterocycles. The highest BCUT2D eigenvalue weighted by molar-refractivity contribution is 5.79. The van der Waals surface area contributed by atoms with E-state index in [2.05, 4.69) is 12.1 Å². The molecule has 1 aliphatic carbocycles. The molecule has 0 saturated carbocycles. The van der Waals surface area contributed by atoms with Gasteiger partial charge in [0.05, 0.1) is 12.2 Å². The third kappa shape index (κ3) is 1.50. The third-order valence-electron chi connectivity index (χ3n) is 3.78. The highest BCUT2D eigenvalue weighted by atomic mass is 16.3. The number of rotatable bonds is 2. The van der Waals surface area contributed by atoms with Gasteiger partial charge in [-0.15, -0.1) is 0 Å². The van der Waals surface area contributed by atoms with Crippen molar-refractivity contribution in [3.63, 3.8) is 0 Å². The van der Waals surface area contributed by atoms with Gasteiger partial charge in [-0.3, -0.25) is 0 Å². The summed E-state index contributed by atoms with van der Waals surface area (Å²) >= 11 is 0. The Hall–Kier alpha value is -1.64. The fourth-order valence-corrected chi connectivity index (χ4v) is 2.92. The van der Waals surface area contributed by atoms with Gasteiger partial charge in [0, 0.05) is 5.92 Å². The molecule has 0 radical (unpaired) electrons. The van der Waals surface area contributed by atoms with Crippen molar-refractivity contribution in [1.82, 2.24) is 0 Å². The summed E-state index contributed by atoms with van der Waals surface area (Å²) in [5, 5.41) is 19.9. The average molecular weight is 240 g/mol. The molecule has 18 heavy (non-hydrogen) atoms. The molecule has 0 heterocycles. The first-order valence-corrected chi connectivity index (χ1v) is 6.16. The highest BCUT2D eigenvalue weighted by Crippen LogP contribution is 2.48. The first-order chi connectivity index (χ1) is 8.65. The van der Waals surface area contributed by atoms with Crippen molar-refractivity contribution in [2.24, 2.45) is 0 Å². The summed E-state index contributed by atoms with van der Waals surface area (Å²) in [5.74, 6) is -0.158. The molecule has 0 aromatic heterocycles. The minimum absolute atomic E-state index is 0.158. The Morgan fingerprint density at radius 1 is 0.944 bits per heavy atom. The van der Waals surface area contributed by atoms with Crippen LogP contribution in [0.1, 0.15) is 24.0 Å². The van der Waals surface area contributed by atoms with E-state index in [0.717, 1.165) is 22.3 Å². The topological polar surface area (TPSA) is 40.5 Å². The molecule has 1 aliphatic rings. The minimum Gasteiger partial charge on any atom is -0.393 e. The van der Waals surface area contributed by atoms with Crippen LogP contribution in [0.25, 0.3) is 11.1 Å². The zero-order valence-electron chi connectivity index (χ0n) is 10.3. The lowest BCUT2D eigenvalue weighted by Gasteiger charge is -2.29. The van der Waals surface area contributed by atoms with Crippen LogP contribution in [0, 0.1) is 0 Å². The summed E-state index contributed by atoms with van der Waals surface area (Å²) < 4.78 is 0. The quantitative estimate of drug-likeness (QED) is 0.847. The molecule has 1 unspecified atom stereocenters. The van der Waals surface area contributed by atoms with Crippen molar-refractivity contribution in [2.75, 3.05) is 6.61 Å². The third-order valence-corrected chi connectivity index (χ3v) is 3.78. The van der Waals surface area contributed by atoms with Gasteiger partial charge in [-0.1, -0.05) is 48.5 Å². The standard InChI is InChI=1S/C16H16O2/c1-16(18,10-17)15-13-8-4-2-6-11(13)12-7-3-5-9-14(12)15/h2-9,15,17-18H,10H2,1H3. The fraction of sp³-hybridized carbons (Fsp3) is 0.250. The zero-order chi connectivity index (χ0) is 12.8. The maximum absolute atomic E-state index is 10.5. The molecule has 1 atom stereocenters. The zero-order valence-corrected chi connectivity index (χ0v) is 10.3. The van der Waals surface area contributed by atoms with E-state index in [1.165, 1.54) is 0 Å². The fourth-order valence-electron chi connectivity index (χ4n) is 2.92. The number of aliphatic hydroxyl groups excluding tert-OH is 1. The van der Waals surface area contributed by atoms with Crippen LogP contribution in [0.15, 0.2) is 48.5 Å². The molecule has 0 amide bonds. The van der Waals surface area contributed by atoms with Crippen molar-refractivity contribution in [3.05, 3.63) is 59.7 Å². The minimum atomic E-state index is -1.14. The van der Waals surface area contributed by atoms with Crippen LogP contribution < -0.4 is 0 Å². The van der Waals surface area contributed by atoms with E-state index < -0.39 is 5.60 Å². The Kier molecular flexibility index (Phi) is 2.51. The number of fused-ring (bicyclic) bond motifs is 3. The molecule has 3 rings (SSSR count). The Bertz CT molecular complexity index is 542. The lowest BCUT2D eigenvalue weighted by atomic mass is 9.82. The average Bonchev–Trinajstić information content (AvgIpc) is 2.74. The Morgan fingerprint density at radius 3 is 1.83 bits per heavy atom. The van der Waals surface area contributed by atoms with E-state index in [-0.39, 0.29) is 12.5 Å². The summed E-state index contributed by atoms with van der Waals surface area (Å²) in [6, 6.07) is 16.2. The van der Waals surface area contributed by atoms with E-state index in [4.69, 9.17) is 0 Å². The van der Waals surface area contributed by atoms with Gasteiger partial charge in [-0.05, 0) is 29.2 Å². The van der Waals surface area contributed by atoms with Gasteiger partial charge in [0.2, 0.25) is 0 Å². The monoisotopic (exact) mass is 240 g/mol. The van der Waals surface area contributed by atoms with Gasteiger partial charge in [-0.25, -0.2) is 0 Å². The number of hydrogen-bond donors (Lipinski definition) is 2. The van der Waals surface area contributed by atoms with Gasteiger partial charge in [0.1, 0.15) is 0 Å². The molecule has 2 heteroatoms. The van der Waals surface area contributed by atoms with Crippen molar-refractivity contribution in [3.8, 4) is 11.1 Å². The maximum atomic E-state index is 10.5. The second kappa shape index (κ2) is 3.94. The molecule has 0 aliphatic heterocycles. The van der Waals surface area contributed by atoms with Gasteiger partial charge in [-0.2, -0.15) is 0 Å². The second-order valence-electron chi connectivity index (χ2n) is 5.12. The van der Waals surface area contributed by atoms with Crippen LogP contribution in [0.5, 0.6) is 0 Å². The summed E-state index contributed by atoms with van der Waals surface area (Å²) in [7, 11) is 0. The lowest BCUT2D eigenvalue weighted by Crippen LogP contribution is -2.36. The normalized spacial score (nSPS) is 17.1. The largest absolute Gasteiger partial charge is 0.393 e. The number of aliphatic hydroxyl groups is 2. The van der Waals surface area contributed by atoms with Crippen molar-refractivity contribution in [1.29, 1.82) is 0 Å². The number of benzene rings is 2. The Balaban J connectivity index is 2.27. The van der Waals surface area contributed by atoms with E-state index in [1.807, 2.05) is 36.4 Å². The van der Waals surface area contributed by atoms with Crippen LogP contribution in [-0.4, -0.2) is 22.4 Å². The van der Waals surface area contributed by atoms with Crippen LogP contribution in [-0.2, 0) is 0 Å². The second-order valence-corrected chi connectivity index (χ2v) is 5.12. The van der Waals surface area contributed by atoms with Crippen LogP contribution in [0.3, 0.4) is 0 Å². The first-order valence-electron chi connectivity index (χ1n) is 6.16. The van der Waals surface area contributed by atoms with Crippen LogP contribution in [0.2, 0.25) is 0 Å². The molecule has 2 N–H and O–H groups in total. The summed E-state index contributed by atoms with van der Waals surface area (Å²) in [5.41, 5.74) is 3.37. The molecule has 0 bridgehead atoms. The maximum Gasteiger partial charge on any atom is 0.0958 e. The number of hydrogen-bond acceptors (Lipinski definition) is 2. The van der Waals surface area contributed by atoms with E-state index >= 15 is 0 Å². The SMILES string of the molecule is CC(O)(CO)C1c2ccccc2-c2ccccc21. The van der Waals surface area contributed by atoms with Gasteiger partial charge in [0.25, 0.3) is 0 Å². The molecular weight excluding hydrogens is 224 g/mol. The van der Waals surface area contributed by atoms with Crippen molar-refractivity contribution >= 4 is 0 Å². The van der Waals surface area contributed by atoms with E-state index in [1.54, 1.807) is 6.92 Å². The van der Waals surface area contributed by atoms with Gasteiger partial charge in [0.15, 0.2) is 0 Å². The molecular formula is C16H16O2. The van der Waals surface area contributed by atoms with E-state index in [9.17, 15) is 10.2 Å². The lowest BCUT2D eigenvalue weighted by molar-refractivity contribution is -0.0106. The molecule has 2 nitrogen and oxygen atoms in total. The molecule has 0 fully saturated rings. The summed E-state index contributed by atoms with van der Waals surface area (Å²) in [4.78, 5) is 0. The molecule has 0 spiro atoms. The predicted octanol–water partition coefficient (Wildman–Crippen LogP) is 2.54. The Labute approximate surface area is 107 Å². The van der Waals surface area contributed by atoms with Crippen molar-refractivity contribution < 1.29 is 10.2 Å². The van der Waals surface area contributed by atoms with Crippen LogP contribution >= 0.6 is 0 Å². The van der Waals surface area contributed by atoms with E-state index in [0.29, 0.717) is 0 Å². The summed E-state index contributed by atoms with van der Waals surface area (Å²) in [6.45, 7) is 1.44. The summed E-state index contributed by atoms with van der Waals surface area (Å²) in [6.07, 6.45) is 0. The van der Waals surface area contributed by atoms with Gasteiger partial charge < -0.3 is 10.2 Å².